The lowest BCUT2D eigenvalue weighted by Crippen LogP contribution is -2.43. The average Bonchev–Trinajstić information content (AvgIpc) is 2.88. The summed E-state index contributed by atoms with van der Waals surface area (Å²) < 4.78 is 12.8. The van der Waals surface area contributed by atoms with E-state index in [2.05, 4.69) is 70.5 Å². The maximum absolute atomic E-state index is 6.57. The highest BCUT2D eigenvalue weighted by Gasteiger charge is 2.53. The fraction of sp³-hybridized carbons (Fsp3) is 0.667. The molecule has 0 amide bonds. The number of hydrogen-bond donors (Lipinski definition) is 0. The first-order chi connectivity index (χ1) is 13.0. The van der Waals surface area contributed by atoms with Crippen molar-refractivity contribution in [1.29, 1.82) is 0 Å². The summed E-state index contributed by atoms with van der Waals surface area (Å²) in [7, 11) is -3.10. The summed E-state index contributed by atoms with van der Waals surface area (Å²) in [6, 6.07) is 6.98. The quantitative estimate of drug-likeness (QED) is 0.489. The van der Waals surface area contributed by atoms with E-state index in [0.717, 1.165) is 23.5 Å². The number of aryl methyl sites for hydroxylation is 1. The van der Waals surface area contributed by atoms with E-state index in [1.807, 2.05) is 0 Å². The van der Waals surface area contributed by atoms with E-state index in [9.17, 15) is 0 Å². The van der Waals surface area contributed by atoms with Gasteiger partial charge in [0.05, 0.1) is 5.76 Å². The first-order valence-electron chi connectivity index (χ1n) is 11.2. The SMILES string of the molecule is C[C@]12CC[C@@H]3c4ccc(O[Si](C)(C)C)cc4CC[C@H]3[C@@H]1CC=C2O[Si](C)(C)C. The highest BCUT2D eigenvalue weighted by Crippen LogP contribution is 2.61. The van der Waals surface area contributed by atoms with Crippen molar-refractivity contribution in [2.75, 3.05) is 0 Å². The summed E-state index contributed by atoms with van der Waals surface area (Å²) in [6.07, 6.45) is 8.75. The molecule has 0 spiro atoms. The van der Waals surface area contributed by atoms with Gasteiger partial charge in [-0.3, -0.25) is 0 Å². The number of allylic oxidation sites excluding steroid dienone is 2. The standard InChI is InChI=1S/C24H38O2Si2/c1-24-15-14-20-19-11-9-18(25-27(2,3)4)16-17(19)8-10-21(20)22(24)12-13-23(24)26-28(5,6)7/h9,11,13,16,20-22H,8,10,12,14-15H2,1-7H3/t20-,21-,22+,24+/m1/s1. The van der Waals surface area contributed by atoms with E-state index in [4.69, 9.17) is 8.85 Å². The minimum Gasteiger partial charge on any atom is -0.547 e. The summed E-state index contributed by atoms with van der Waals surface area (Å²) in [5, 5.41) is 0. The van der Waals surface area contributed by atoms with E-state index in [1.54, 1.807) is 11.1 Å². The second kappa shape index (κ2) is 6.76. The summed E-state index contributed by atoms with van der Waals surface area (Å²) >= 11 is 0. The van der Waals surface area contributed by atoms with Gasteiger partial charge in [0.2, 0.25) is 16.6 Å². The fourth-order valence-corrected chi connectivity index (χ4v) is 7.80. The molecule has 1 fully saturated rings. The Hall–Kier alpha value is -1.01. The highest BCUT2D eigenvalue weighted by molar-refractivity contribution is 6.70. The zero-order chi connectivity index (χ0) is 20.3. The Bertz CT molecular complexity index is 787. The van der Waals surface area contributed by atoms with Crippen LogP contribution in [0.25, 0.3) is 0 Å². The lowest BCUT2D eigenvalue weighted by molar-refractivity contribution is 0.0506. The van der Waals surface area contributed by atoms with Crippen molar-refractivity contribution in [3.05, 3.63) is 41.2 Å². The number of fused-ring (bicyclic) bond motifs is 5. The summed E-state index contributed by atoms with van der Waals surface area (Å²) in [6.45, 7) is 16.2. The van der Waals surface area contributed by atoms with Crippen LogP contribution in [0, 0.1) is 17.3 Å². The van der Waals surface area contributed by atoms with Gasteiger partial charge in [-0.25, -0.2) is 0 Å². The smallest absolute Gasteiger partial charge is 0.242 e. The van der Waals surface area contributed by atoms with Gasteiger partial charge in [-0.15, -0.1) is 0 Å². The van der Waals surface area contributed by atoms with Crippen LogP contribution in [0.4, 0.5) is 0 Å². The second-order valence-electron chi connectivity index (χ2n) is 11.5. The van der Waals surface area contributed by atoms with E-state index in [-0.39, 0.29) is 5.41 Å². The van der Waals surface area contributed by atoms with Crippen LogP contribution in [0.3, 0.4) is 0 Å². The molecule has 0 heterocycles. The van der Waals surface area contributed by atoms with Crippen LogP contribution in [0.15, 0.2) is 30.0 Å². The molecule has 4 heteroatoms. The van der Waals surface area contributed by atoms with Crippen molar-refractivity contribution in [1.82, 2.24) is 0 Å². The van der Waals surface area contributed by atoms with Crippen LogP contribution in [0.5, 0.6) is 5.75 Å². The lowest BCUT2D eigenvalue weighted by Gasteiger charge is -2.50. The first kappa shape index (κ1) is 20.3. The molecule has 0 saturated heterocycles. The lowest BCUT2D eigenvalue weighted by atomic mass is 9.55. The van der Waals surface area contributed by atoms with E-state index >= 15 is 0 Å². The maximum Gasteiger partial charge on any atom is 0.242 e. The predicted molar refractivity (Wildman–Crippen MR) is 123 cm³/mol. The molecular weight excluding hydrogens is 376 g/mol. The van der Waals surface area contributed by atoms with Gasteiger partial charge in [0.1, 0.15) is 5.75 Å². The molecule has 0 bridgehead atoms. The van der Waals surface area contributed by atoms with Crippen LogP contribution >= 0.6 is 0 Å². The zero-order valence-electron chi connectivity index (χ0n) is 18.9. The topological polar surface area (TPSA) is 18.5 Å². The number of benzene rings is 1. The minimum absolute atomic E-state index is 0.264. The van der Waals surface area contributed by atoms with Gasteiger partial charge in [0.25, 0.3) is 0 Å². The average molecular weight is 415 g/mol. The van der Waals surface area contributed by atoms with Gasteiger partial charge in [-0.2, -0.15) is 0 Å². The Morgan fingerprint density at radius 3 is 2.36 bits per heavy atom. The van der Waals surface area contributed by atoms with Crippen LogP contribution in [0.2, 0.25) is 39.3 Å². The van der Waals surface area contributed by atoms with Gasteiger partial charge in [0.15, 0.2) is 0 Å². The van der Waals surface area contributed by atoms with Crippen molar-refractivity contribution in [3.63, 3.8) is 0 Å². The van der Waals surface area contributed by atoms with Gasteiger partial charge in [-0.05, 0) is 118 Å². The molecule has 154 valence electrons. The molecule has 1 aromatic carbocycles. The predicted octanol–water partition coefficient (Wildman–Crippen LogP) is 7.10. The fourth-order valence-electron chi connectivity index (χ4n) is 5.99. The van der Waals surface area contributed by atoms with E-state index in [1.165, 1.54) is 37.9 Å². The Morgan fingerprint density at radius 1 is 0.964 bits per heavy atom. The molecule has 28 heavy (non-hydrogen) atoms. The molecular formula is C24H38O2Si2. The molecule has 4 rings (SSSR count). The van der Waals surface area contributed by atoms with Crippen LogP contribution in [-0.4, -0.2) is 16.6 Å². The number of rotatable bonds is 4. The van der Waals surface area contributed by atoms with Crippen molar-refractivity contribution in [2.45, 2.75) is 84.2 Å². The Morgan fingerprint density at radius 2 is 1.68 bits per heavy atom. The molecule has 3 aliphatic carbocycles. The summed E-state index contributed by atoms with van der Waals surface area (Å²) in [4.78, 5) is 0. The highest BCUT2D eigenvalue weighted by atomic mass is 28.4. The van der Waals surface area contributed by atoms with Gasteiger partial charge in [0, 0.05) is 5.41 Å². The van der Waals surface area contributed by atoms with Crippen LogP contribution in [-0.2, 0) is 10.8 Å². The van der Waals surface area contributed by atoms with Crippen LogP contribution in [0.1, 0.15) is 49.7 Å². The third-order valence-electron chi connectivity index (χ3n) is 7.05. The normalized spacial score (nSPS) is 32.1. The van der Waals surface area contributed by atoms with Crippen molar-refractivity contribution in [3.8, 4) is 5.75 Å². The monoisotopic (exact) mass is 414 g/mol. The van der Waals surface area contributed by atoms with Crippen molar-refractivity contribution >= 4 is 16.6 Å². The van der Waals surface area contributed by atoms with Gasteiger partial charge >= 0.3 is 0 Å². The molecule has 0 unspecified atom stereocenters. The zero-order valence-corrected chi connectivity index (χ0v) is 20.9. The first-order valence-corrected chi connectivity index (χ1v) is 18.0. The molecule has 3 aliphatic rings. The third kappa shape index (κ3) is 3.74. The van der Waals surface area contributed by atoms with Crippen molar-refractivity contribution in [2.24, 2.45) is 17.3 Å². The van der Waals surface area contributed by atoms with Crippen molar-refractivity contribution < 1.29 is 8.85 Å². The molecule has 1 aromatic rings. The molecule has 1 saturated carbocycles. The Kier molecular flexibility index (Phi) is 4.90. The molecule has 0 radical (unpaired) electrons. The summed E-state index contributed by atoms with van der Waals surface area (Å²) in [5.41, 5.74) is 3.42. The molecule has 4 atom stereocenters. The van der Waals surface area contributed by atoms with Crippen LogP contribution < -0.4 is 4.43 Å². The minimum atomic E-state index is -1.55. The largest absolute Gasteiger partial charge is 0.547 e. The van der Waals surface area contributed by atoms with Gasteiger partial charge in [-0.1, -0.05) is 13.0 Å². The maximum atomic E-state index is 6.57. The molecule has 0 N–H and O–H groups in total. The van der Waals surface area contributed by atoms with E-state index < -0.39 is 16.6 Å². The second-order valence-corrected chi connectivity index (χ2v) is 20.3. The molecule has 0 aliphatic heterocycles. The number of hydrogen-bond acceptors (Lipinski definition) is 2. The molecule has 0 aromatic heterocycles. The Labute approximate surface area is 174 Å². The molecule has 2 nitrogen and oxygen atoms in total. The Balaban J connectivity index is 1.56. The summed E-state index contributed by atoms with van der Waals surface area (Å²) in [5.74, 6) is 4.70. The van der Waals surface area contributed by atoms with Gasteiger partial charge < -0.3 is 8.85 Å². The van der Waals surface area contributed by atoms with E-state index in [0.29, 0.717) is 0 Å². The third-order valence-corrected chi connectivity index (χ3v) is 8.73.